The van der Waals surface area contributed by atoms with Crippen molar-refractivity contribution in [1.29, 1.82) is 0 Å². The highest BCUT2D eigenvalue weighted by atomic mass is 16.5. The molecular formula is C14H19NO. The summed E-state index contributed by atoms with van der Waals surface area (Å²) < 4.78 is 6.23. The molecule has 1 aliphatic heterocycles. The van der Waals surface area contributed by atoms with Crippen LogP contribution in [-0.4, -0.2) is 11.6 Å². The highest BCUT2D eigenvalue weighted by Gasteiger charge is 2.47. The third kappa shape index (κ3) is 1.29. The molecule has 3 atom stereocenters. The second-order valence-electron chi connectivity index (χ2n) is 5.14. The fourth-order valence-electron chi connectivity index (χ4n) is 3.31. The monoisotopic (exact) mass is 217 g/mol. The maximum atomic E-state index is 6.26. The van der Waals surface area contributed by atoms with Gasteiger partial charge in [0.1, 0.15) is 11.4 Å². The van der Waals surface area contributed by atoms with Crippen LogP contribution in [-0.2, 0) is 0 Å². The minimum atomic E-state index is -0.0999. The molecule has 1 fully saturated rings. The van der Waals surface area contributed by atoms with Gasteiger partial charge in [-0.3, -0.25) is 0 Å². The fourth-order valence-corrected chi connectivity index (χ4v) is 3.31. The zero-order valence-electron chi connectivity index (χ0n) is 9.78. The fraction of sp³-hybridized carbons (Fsp3) is 0.571. The molecule has 1 aromatic carbocycles. The molecule has 1 aliphatic carbocycles. The van der Waals surface area contributed by atoms with Crippen molar-refractivity contribution in [1.82, 2.24) is 0 Å². The van der Waals surface area contributed by atoms with Gasteiger partial charge in [0.15, 0.2) is 0 Å². The second kappa shape index (κ2) is 3.49. The first-order valence-corrected chi connectivity index (χ1v) is 6.29. The quantitative estimate of drug-likeness (QED) is 0.785. The largest absolute Gasteiger partial charge is 0.485 e. The second-order valence-corrected chi connectivity index (χ2v) is 5.14. The van der Waals surface area contributed by atoms with Crippen molar-refractivity contribution in [2.24, 2.45) is 5.73 Å². The Kier molecular flexibility index (Phi) is 2.21. The number of ether oxygens (including phenoxy) is 1. The molecule has 1 aromatic rings. The van der Waals surface area contributed by atoms with Gasteiger partial charge in [-0.15, -0.1) is 0 Å². The van der Waals surface area contributed by atoms with Gasteiger partial charge in [0, 0.05) is 6.04 Å². The molecule has 16 heavy (non-hydrogen) atoms. The molecule has 2 bridgehead atoms. The van der Waals surface area contributed by atoms with Crippen molar-refractivity contribution in [2.75, 3.05) is 0 Å². The number of hydrogen-bond donors (Lipinski definition) is 1. The summed E-state index contributed by atoms with van der Waals surface area (Å²) in [6.45, 7) is 2.19. The Bertz CT molecular complexity index is 403. The van der Waals surface area contributed by atoms with Crippen molar-refractivity contribution in [3.8, 4) is 5.75 Å². The predicted octanol–water partition coefficient (Wildman–Crippen LogP) is 2.82. The van der Waals surface area contributed by atoms with E-state index in [4.69, 9.17) is 10.5 Å². The van der Waals surface area contributed by atoms with Crippen molar-refractivity contribution < 1.29 is 4.74 Å². The molecule has 0 aromatic heterocycles. The van der Waals surface area contributed by atoms with Crippen LogP contribution in [0.25, 0.3) is 0 Å². The lowest BCUT2D eigenvalue weighted by Crippen LogP contribution is -2.57. The summed E-state index contributed by atoms with van der Waals surface area (Å²) >= 11 is 0. The smallest absolute Gasteiger partial charge is 0.124 e. The highest BCUT2D eigenvalue weighted by Crippen LogP contribution is 2.49. The number of nitrogens with two attached hydrogens (primary N) is 1. The van der Waals surface area contributed by atoms with E-state index >= 15 is 0 Å². The maximum Gasteiger partial charge on any atom is 0.124 e. The van der Waals surface area contributed by atoms with Crippen molar-refractivity contribution >= 4 is 0 Å². The van der Waals surface area contributed by atoms with Gasteiger partial charge in [-0.25, -0.2) is 0 Å². The van der Waals surface area contributed by atoms with Crippen LogP contribution in [0.5, 0.6) is 5.75 Å². The third-order valence-electron chi connectivity index (χ3n) is 4.36. The minimum absolute atomic E-state index is 0.0999. The van der Waals surface area contributed by atoms with Crippen LogP contribution in [0.2, 0.25) is 0 Å². The number of para-hydroxylation sites is 1. The van der Waals surface area contributed by atoms with E-state index in [0.29, 0.717) is 5.92 Å². The Morgan fingerprint density at radius 1 is 1.38 bits per heavy atom. The first kappa shape index (κ1) is 10.2. The lowest BCUT2D eigenvalue weighted by molar-refractivity contribution is -0.0165. The van der Waals surface area contributed by atoms with Crippen molar-refractivity contribution in [3.63, 3.8) is 0 Å². The van der Waals surface area contributed by atoms with Crippen LogP contribution in [0.4, 0.5) is 0 Å². The summed E-state index contributed by atoms with van der Waals surface area (Å²) in [6, 6.07) is 8.65. The summed E-state index contributed by atoms with van der Waals surface area (Å²) in [7, 11) is 0. The molecule has 2 nitrogen and oxygen atoms in total. The Balaban J connectivity index is 2.06. The normalized spacial score (nSPS) is 36.4. The van der Waals surface area contributed by atoms with E-state index < -0.39 is 0 Å². The Morgan fingerprint density at radius 2 is 2.19 bits per heavy atom. The van der Waals surface area contributed by atoms with Crippen LogP contribution in [0.1, 0.15) is 44.1 Å². The number of rotatable bonds is 1. The van der Waals surface area contributed by atoms with Crippen LogP contribution in [0.3, 0.4) is 0 Å². The van der Waals surface area contributed by atoms with Gasteiger partial charge in [0.2, 0.25) is 0 Å². The SMILES string of the molecule is CCC12CC(CCC1N)c1ccccc1O2. The molecule has 0 amide bonds. The Morgan fingerprint density at radius 3 is 3.00 bits per heavy atom. The van der Waals surface area contributed by atoms with Crippen LogP contribution in [0.15, 0.2) is 24.3 Å². The van der Waals surface area contributed by atoms with E-state index in [1.165, 1.54) is 12.0 Å². The third-order valence-corrected chi connectivity index (χ3v) is 4.36. The van der Waals surface area contributed by atoms with Crippen molar-refractivity contribution in [3.05, 3.63) is 29.8 Å². The molecule has 1 heterocycles. The summed E-state index contributed by atoms with van der Waals surface area (Å²) in [5.41, 5.74) is 7.55. The number of hydrogen-bond acceptors (Lipinski definition) is 2. The predicted molar refractivity (Wildman–Crippen MR) is 64.7 cm³/mol. The van der Waals surface area contributed by atoms with Gasteiger partial charge in [0.05, 0.1) is 0 Å². The summed E-state index contributed by atoms with van der Waals surface area (Å²) in [5.74, 6) is 1.72. The topological polar surface area (TPSA) is 35.2 Å². The molecule has 2 aliphatic rings. The molecule has 3 rings (SSSR count). The van der Waals surface area contributed by atoms with E-state index in [2.05, 4.69) is 31.2 Å². The van der Waals surface area contributed by atoms with Crippen LogP contribution in [0, 0.1) is 0 Å². The molecule has 0 radical (unpaired) electrons. The average molecular weight is 217 g/mol. The van der Waals surface area contributed by atoms with Gasteiger partial charge in [0.25, 0.3) is 0 Å². The highest BCUT2D eigenvalue weighted by molar-refractivity contribution is 5.40. The number of benzene rings is 1. The summed E-state index contributed by atoms with van der Waals surface area (Å²) in [4.78, 5) is 0. The van der Waals surface area contributed by atoms with Crippen LogP contribution >= 0.6 is 0 Å². The molecule has 1 saturated carbocycles. The summed E-state index contributed by atoms with van der Waals surface area (Å²) in [6.07, 6.45) is 4.41. The Hall–Kier alpha value is -1.02. The zero-order chi connectivity index (χ0) is 11.2. The summed E-state index contributed by atoms with van der Waals surface area (Å²) in [5, 5.41) is 0. The van der Waals surface area contributed by atoms with Crippen LogP contribution < -0.4 is 10.5 Å². The van der Waals surface area contributed by atoms with Gasteiger partial charge < -0.3 is 10.5 Å². The molecule has 3 unspecified atom stereocenters. The minimum Gasteiger partial charge on any atom is -0.485 e. The first-order chi connectivity index (χ1) is 7.75. The molecule has 86 valence electrons. The lowest BCUT2D eigenvalue weighted by atomic mass is 9.69. The zero-order valence-corrected chi connectivity index (χ0v) is 9.78. The molecule has 2 heteroatoms. The number of fused-ring (bicyclic) bond motifs is 4. The molecule has 2 N–H and O–H groups in total. The standard InChI is InChI=1S/C14H19NO/c1-2-14-9-10(7-8-13(14)15)11-5-3-4-6-12(11)16-14/h3-6,10,13H,2,7-9,15H2,1H3. The molecule has 0 saturated heterocycles. The van der Waals surface area contributed by atoms with Gasteiger partial charge >= 0.3 is 0 Å². The Labute approximate surface area is 96.8 Å². The first-order valence-electron chi connectivity index (χ1n) is 6.29. The van der Waals surface area contributed by atoms with Crippen molar-refractivity contribution in [2.45, 2.75) is 50.2 Å². The van der Waals surface area contributed by atoms with E-state index in [0.717, 1.165) is 25.0 Å². The van der Waals surface area contributed by atoms with Gasteiger partial charge in [-0.05, 0) is 43.2 Å². The van der Waals surface area contributed by atoms with E-state index in [1.807, 2.05) is 0 Å². The van der Waals surface area contributed by atoms with E-state index in [-0.39, 0.29) is 11.6 Å². The average Bonchev–Trinajstić information content (AvgIpc) is 2.34. The van der Waals surface area contributed by atoms with Gasteiger partial charge in [-0.1, -0.05) is 25.1 Å². The maximum absolute atomic E-state index is 6.26. The van der Waals surface area contributed by atoms with Gasteiger partial charge in [-0.2, -0.15) is 0 Å². The molecule has 0 spiro atoms. The van der Waals surface area contributed by atoms with E-state index in [9.17, 15) is 0 Å². The van der Waals surface area contributed by atoms with E-state index in [1.54, 1.807) is 0 Å². The molecular weight excluding hydrogens is 198 g/mol. The lowest BCUT2D eigenvalue weighted by Gasteiger charge is -2.49.